The van der Waals surface area contributed by atoms with E-state index in [0.717, 1.165) is 12.3 Å². The Morgan fingerprint density at radius 1 is 1.12 bits per heavy atom. The minimum Gasteiger partial charge on any atom is -0.481 e. The fourth-order valence-electron chi connectivity index (χ4n) is 3.13. The lowest BCUT2D eigenvalue weighted by atomic mass is 10.1. The topological polar surface area (TPSA) is 182 Å². The predicted octanol–water partition coefficient (Wildman–Crippen LogP) is 2.80. The van der Waals surface area contributed by atoms with Crippen molar-refractivity contribution in [3.8, 4) is 0 Å². The molecule has 0 aromatic carbocycles. The molecule has 224 valence electrons. The molecule has 3 atom stereocenters. The molecule has 14 nitrogen and oxygen atoms in total. The van der Waals surface area contributed by atoms with Gasteiger partial charge < -0.3 is 28.8 Å². The average Bonchev–Trinajstić information content (AvgIpc) is 2.99. The number of ether oxygens (including phenoxy) is 5. The van der Waals surface area contributed by atoms with Crippen molar-refractivity contribution in [2.45, 2.75) is 77.1 Å². The van der Waals surface area contributed by atoms with Crippen molar-refractivity contribution in [2.24, 2.45) is 0 Å². The Morgan fingerprint density at radius 3 is 2.30 bits per heavy atom. The molecule has 1 fully saturated rings. The van der Waals surface area contributed by atoms with E-state index in [4.69, 9.17) is 28.8 Å². The number of carbonyl (C=O) groups is 4. The number of esters is 1. The molecular weight excluding hydrogens is 564 g/mol. The Bertz CT molecular complexity index is 1160. The number of aromatic nitrogens is 2. The lowest BCUT2D eigenvalue weighted by Gasteiger charge is -2.26. The van der Waals surface area contributed by atoms with Crippen LogP contribution in [0, 0.1) is 0 Å². The third kappa shape index (κ3) is 9.93. The van der Waals surface area contributed by atoms with E-state index in [9.17, 15) is 24.0 Å². The zero-order valence-electron chi connectivity index (χ0n) is 22.6. The molecule has 3 unspecified atom stereocenters. The number of rotatable bonds is 9. The second-order valence-corrected chi connectivity index (χ2v) is 11.4. The van der Waals surface area contributed by atoms with Gasteiger partial charge in [-0.15, -0.1) is 11.8 Å². The number of nitrogens with zero attached hydrogens (tertiary/aromatic N) is 2. The number of alkyl halides is 2. The summed E-state index contributed by atoms with van der Waals surface area (Å²) >= 11 is 0.716. The number of hydrogen-bond acceptors (Lipinski definition) is 12. The Balaban J connectivity index is 2.26. The Labute approximate surface area is 231 Å². The highest BCUT2D eigenvalue weighted by atomic mass is 32.2. The van der Waals surface area contributed by atoms with Gasteiger partial charge in [0.1, 0.15) is 29.7 Å². The second-order valence-electron chi connectivity index (χ2n) is 10.4. The number of aliphatic carboxylic acids is 1. The summed E-state index contributed by atoms with van der Waals surface area (Å²) in [5.41, 5.74) is -3.20. The number of carboxylic acid groups (broad SMARTS) is 1. The first kappa shape index (κ1) is 32.7. The Morgan fingerprint density at radius 2 is 1.75 bits per heavy atom. The van der Waals surface area contributed by atoms with Crippen molar-refractivity contribution in [3.63, 3.8) is 0 Å². The maximum atomic E-state index is 15.5. The number of anilines is 1. The molecule has 1 aliphatic heterocycles. The molecular formula is C23H31F2N3O11S. The van der Waals surface area contributed by atoms with Gasteiger partial charge in [-0.3, -0.25) is 19.5 Å². The van der Waals surface area contributed by atoms with Gasteiger partial charge in [0.05, 0.1) is 11.5 Å². The molecule has 1 saturated heterocycles. The normalized spacial score (nSPS) is 20.4. The SMILES string of the molecule is CC(C)(C)OC(=O)Nc1ccn(C2OC(COC(=O)CSCC(=O)O)C(OC(=O)OC(C)(C)C)C2(F)F)c(=O)n1. The minimum absolute atomic E-state index is 0.289. The van der Waals surface area contributed by atoms with Crippen molar-refractivity contribution in [1.29, 1.82) is 0 Å². The second kappa shape index (κ2) is 12.8. The van der Waals surface area contributed by atoms with Crippen LogP contribution in [0.1, 0.15) is 47.8 Å². The Kier molecular flexibility index (Phi) is 10.5. The summed E-state index contributed by atoms with van der Waals surface area (Å²) in [7, 11) is 0. The van der Waals surface area contributed by atoms with Gasteiger partial charge in [-0.1, -0.05) is 0 Å². The number of hydrogen-bond donors (Lipinski definition) is 2. The van der Waals surface area contributed by atoms with Crippen LogP contribution in [-0.2, 0) is 33.3 Å². The molecule has 2 N–H and O–H groups in total. The largest absolute Gasteiger partial charge is 0.509 e. The van der Waals surface area contributed by atoms with Crippen LogP contribution in [-0.4, -0.2) is 86.3 Å². The molecule has 0 aliphatic carbocycles. The number of thioether (sulfide) groups is 1. The molecule has 17 heteroatoms. The summed E-state index contributed by atoms with van der Waals surface area (Å²) in [5, 5.41) is 10.9. The molecule has 40 heavy (non-hydrogen) atoms. The monoisotopic (exact) mass is 595 g/mol. The number of amides is 1. The molecule has 2 heterocycles. The van der Waals surface area contributed by atoms with Crippen molar-refractivity contribution < 1.29 is 56.7 Å². The van der Waals surface area contributed by atoms with Gasteiger partial charge in [0.25, 0.3) is 0 Å². The van der Waals surface area contributed by atoms with Crippen LogP contribution in [0.4, 0.5) is 24.2 Å². The molecule has 0 spiro atoms. The molecule has 1 aliphatic rings. The summed E-state index contributed by atoms with van der Waals surface area (Å²) in [5.74, 6) is -7.24. The first-order chi connectivity index (χ1) is 18.3. The molecule has 0 radical (unpaired) electrons. The van der Waals surface area contributed by atoms with Gasteiger partial charge in [0.2, 0.25) is 12.3 Å². The first-order valence-corrected chi connectivity index (χ1v) is 12.9. The van der Waals surface area contributed by atoms with Crippen LogP contribution in [0.15, 0.2) is 17.1 Å². The number of carboxylic acids is 1. The van der Waals surface area contributed by atoms with Gasteiger partial charge in [0.15, 0.2) is 0 Å². The van der Waals surface area contributed by atoms with E-state index in [1.807, 2.05) is 0 Å². The summed E-state index contributed by atoms with van der Waals surface area (Å²) in [4.78, 5) is 62.9. The van der Waals surface area contributed by atoms with Crippen molar-refractivity contribution in [2.75, 3.05) is 23.4 Å². The number of halogens is 2. The lowest BCUT2D eigenvalue weighted by Crippen LogP contribution is -2.45. The average molecular weight is 596 g/mol. The molecule has 1 aromatic rings. The maximum Gasteiger partial charge on any atom is 0.509 e. The summed E-state index contributed by atoms with van der Waals surface area (Å²) < 4.78 is 56.6. The molecule has 0 saturated carbocycles. The third-order valence-corrected chi connectivity index (χ3v) is 5.42. The molecule has 1 aromatic heterocycles. The lowest BCUT2D eigenvalue weighted by molar-refractivity contribution is -0.149. The van der Waals surface area contributed by atoms with Crippen LogP contribution < -0.4 is 11.0 Å². The Hall–Kier alpha value is -3.47. The van der Waals surface area contributed by atoms with Crippen molar-refractivity contribution in [1.82, 2.24) is 9.55 Å². The number of carbonyl (C=O) groups excluding carboxylic acids is 3. The van der Waals surface area contributed by atoms with Gasteiger partial charge in [-0.2, -0.15) is 13.8 Å². The van der Waals surface area contributed by atoms with E-state index in [0.29, 0.717) is 16.3 Å². The van der Waals surface area contributed by atoms with Crippen LogP contribution in [0.2, 0.25) is 0 Å². The highest BCUT2D eigenvalue weighted by Gasteiger charge is 2.63. The predicted molar refractivity (Wildman–Crippen MR) is 134 cm³/mol. The zero-order chi connectivity index (χ0) is 30.5. The van der Waals surface area contributed by atoms with Gasteiger partial charge >= 0.3 is 35.8 Å². The minimum atomic E-state index is -4.06. The molecule has 2 rings (SSSR count). The van der Waals surface area contributed by atoms with Gasteiger partial charge in [0, 0.05) is 6.20 Å². The van der Waals surface area contributed by atoms with E-state index in [2.05, 4.69) is 10.3 Å². The standard InChI is InChI=1S/C23H31F2N3O11S/c1-21(2,3)38-19(33)27-13-7-8-28(18(32)26-13)17-23(24,25)16(37-20(34)39-22(4,5)6)12(36-17)9-35-15(31)11-40-10-14(29)30/h7-8,12,16-17H,9-11H2,1-6H3,(H,29,30)(H,26,27,32,33). The zero-order valence-corrected chi connectivity index (χ0v) is 23.4. The van der Waals surface area contributed by atoms with E-state index >= 15 is 8.78 Å². The summed E-state index contributed by atoms with van der Waals surface area (Å²) in [6, 6.07) is 1.04. The van der Waals surface area contributed by atoms with E-state index in [1.54, 1.807) is 20.8 Å². The fourth-order valence-corrected chi connectivity index (χ4v) is 3.66. The van der Waals surface area contributed by atoms with Crippen LogP contribution in [0.5, 0.6) is 0 Å². The maximum absolute atomic E-state index is 15.5. The first-order valence-electron chi connectivity index (χ1n) is 11.8. The highest BCUT2D eigenvalue weighted by Crippen LogP contribution is 2.44. The third-order valence-electron chi connectivity index (χ3n) is 4.53. The summed E-state index contributed by atoms with van der Waals surface area (Å²) in [6.07, 6.45) is -8.00. The van der Waals surface area contributed by atoms with Crippen molar-refractivity contribution in [3.05, 3.63) is 22.7 Å². The van der Waals surface area contributed by atoms with Crippen molar-refractivity contribution >= 4 is 41.8 Å². The fraction of sp³-hybridized carbons (Fsp3) is 0.652. The van der Waals surface area contributed by atoms with E-state index in [-0.39, 0.29) is 5.82 Å². The smallest absolute Gasteiger partial charge is 0.481 e. The number of nitrogens with one attached hydrogen (secondary N) is 1. The van der Waals surface area contributed by atoms with E-state index in [1.165, 1.54) is 20.8 Å². The summed E-state index contributed by atoms with van der Waals surface area (Å²) in [6.45, 7) is 8.43. The van der Waals surface area contributed by atoms with Crippen LogP contribution >= 0.6 is 11.8 Å². The van der Waals surface area contributed by atoms with Crippen LogP contribution in [0.3, 0.4) is 0 Å². The van der Waals surface area contributed by atoms with E-state index < -0.39 is 83.6 Å². The quantitative estimate of drug-likeness (QED) is 0.314. The molecule has 1 amide bonds. The van der Waals surface area contributed by atoms with Gasteiger partial charge in [-0.25, -0.2) is 14.4 Å². The molecule has 0 bridgehead atoms. The van der Waals surface area contributed by atoms with Gasteiger partial charge in [-0.05, 0) is 47.6 Å². The van der Waals surface area contributed by atoms with Crippen LogP contribution in [0.25, 0.3) is 0 Å². The highest BCUT2D eigenvalue weighted by molar-refractivity contribution is 8.00.